The molecule has 3 unspecified atom stereocenters. The summed E-state index contributed by atoms with van der Waals surface area (Å²) in [6.45, 7) is 6.25. The van der Waals surface area contributed by atoms with E-state index in [0.29, 0.717) is 12.8 Å². The monoisotopic (exact) mass is 472 g/mol. The Bertz CT molecular complexity index is 1140. The van der Waals surface area contributed by atoms with Gasteiger partial charge in [0.15, 0.2) is 0 Å². The van der Waals surface area contributed by atoms with Gasteiger partial charge in [0.25, 0.3) is 0 Å². The summed E-state index contributed by atoms with van der Waals surface area (Å²) in [4.78, 5) is 29.0. The minimum Gasteiger partial charge on any atom is -0.465 e. The maximum Gasteiger partial charge on any atom is 0.405 e. The number of ether oxygens (including phenoxy) is 1. The molecular weight excluding hydrogens is 440 g/mol. The van der Waals surface area contributed by atoms with E-state index < -0.39 is 18.2 Å². The highest BCUT2D eigenvalue weighted by Crippen LogP contribution is 2.42. The lowest BCUT2D eigenvalue weighted by Crippen LogP contribution is -2.50. The Hall–Kier alpha value is -3.67. The Morgan fingerprint density at radius 2 is 1.74 bits per heavy atom. The van der Waals surface area contributed by atoms with Gasteiger partial charge >= 0.3 is 12.1 Å². The molecule has 4 atom stereocenters. The van der Waals surface area contributed by atoms with Crippen molar-refractivity contribution in [1.29, 1.82) is 0 Å². The number of hydrogen-bond donors (Lipinski definition) is 2. The summed E-state index contributed by atoms with van der Waals surface area (Å²) >= 11 is 0. The standard InChI is InChI=1S/C29H32N2O4/c1-29(2,3)25(21-9-5-4-6-10-21)26(31-28(33)34)24-18-22(27(32)35-24)17-19-12-14-20(15-13-19)23-11-7-8-16-30-23/h4-16,22,24-26,31H,17-18H2,1-3H3,(H,33,34)/t22?,24?,25?,26-/m1/s1. The molecule has 0 saturated carbocycles. The van der Waals surface area contributed by atoms with Crippen molar-refractivity contribution in [1.82, 2.24) is 10.3 Å². The molecule has 0 aliphatic carbocycles. The van der Waals surface area contributed by atoms with Crippen molar-refractivity contribution < 1.29 is 19.4 Å². The second-order valence-corrected chi connectivity index (χ2v) is 10.3. The molecule has 6 nitrogen and oxygen atoms in total. The molecule has 6 heteroatoms. The van der Waals surface area contributed by atoms with Crippen molar-refractivity contribution in [2.45, 2.75) is 51.7 Å². The van der Waals surface area contributed by atoms with Crippen LogP contribution in [-0.2, 0) is 16.0 Å². The summed E-state index contributed by atoms with van der Waals surface area (Å²) in [5.74, 6) is -0.772. The number of carbonyl (C=O) groups is 2. The van der Waals surface area contributed by atoms with Crippen LogP contribution < -0.4 is 5.32 Å². The number of carbonyl (C=O) groups excluding carboxylic acids is 1. The van der Waals surface area contributed by atoms with Crippen LogP contribution in [0.25, 0.3) is 11.3 Å². The van der Waals surface area contributed by atoms with Crippen molar-refractivity contribution in [2.24, 2.45) is 11.3 Å². The molecular formula is C29H32N2O4. The van der Waals surface area contributed by atoms with Gasteiger partial charge in [-0.05, 0) is 35.1 Å². The molecule has 0 radical (unpaired) electrons. The quantitative estimate of drug-likeness (QED) is 0.431. The van der Waals surface area contributed by atoms with E-state index in [1.807, 2.05) is 72.8 Å². The summed E-state index contributed by atoms with van der Waals surface area (Å²) in [6, 6.07) is 23.1. The average molecular weight is 473 g/mol. The fraction of sp³-hybridized carbons (Fsp3) is 0.345. The Morgan fingerprint density at radius 1 is 1.06 bits per heavy atom. The molecule has 2 N–H and O–H groups in total. The number of aromatic nitrogens is 1. The highest BCUT2D eigenvalue weighted by molar-refractivity contribution is 5.75. The lowest BCUT2D eigenvalue weighted by molar-refractivity contribution is -0.145. The third-order valence-electron chi connectivity index (χ3n) is 6.66. The minimum atomic E-state index is -1.12. The second kappa shape index (κ2) is 10.3. The zero-order valence-corrected chi connectivity index (χ0v) is 20.3. The molecule has 1 saturated heterocycles. The van der Waals surface area contributed by atoms with Crippen LogP contribution in [0.5, 0.6) is 0 Å². The maximum absolute atomic E-state index is 12.9. The molecule has 0 bridgehead atoms. The SMILES string of the molecule is CC(C)(C)C(c1ccccc1)[C@H](NC(=O)O)C1CC(Cc2ccc(-c3ccccn3)cc2)C(=O)O1. The Labute approximate surface area is 206 Å². The smallest absolute Gasteiger partial charge is 0.405 e. The number of amides is 1. The van der Waals surface area contributed by atoms with E-state index >= 15 is 0 Å². The molecule has 1 aromatic heterocycles. The largest absolute Gasteiger partial charge is 0.465 e. The molecule has 1 aliphatic rings. The van der Waals surface area contributed by atoms with Gasteiger partial charge < -0.3 is 15.2 Å². The fourth-order valence-corrected chi connectivity index (χ4v) is 5.13. The zero-order valence-electron chi connectivity index (χ0n) is 20.3. The summed E-state index contributed by atoms with van der Waals surface area (Å²) in [7, 11) is 0. The third kappa shape index (κ3) is 5.88. The van der Waals surface area contributed by atoms with Crippen molar-refractivity contribution in [3.63, 3.8) is 0 Å². The molecule has 1 amide bonds. The zero-order chi connectivity index (χ0) is 25.0. The Balaban J connectivity index is 1.53. The Morgan fingerprint density at radius 3 is 2.34 bits per heavy atom. The van der Waals surface area contributed by atoms with Crippen LogP contribution >= 0.6 is 0 Å². The third-order valence-corrected chi connectivity index (χ3v) is 6.66. The number of hydrogen-bond acceptors (Lipinski definition) is 4. The first-order valence-corrected chi connectivity index (χ1v) is 12.0. The van der Waals surface area contributed by atoms with Crippen LogP contribution in [0.15, 0.2) is 79.0 Å². The molecule has 4 rings (SSSR count). The second-order valence-electron chi connectivity index (χ2n) is 10.3. The van der Waals surface area contributed by atoms with E-state index in [0.717, 1.165) is 22.4 Å². The van der Waals surface area contributed by atoms with Crippen LogP contribution in [0.1, 0.15) is 44.2 Å². The van der Waals surface area contributed by atoms with Gasteiger partial charge in [-0.3, -0.25) is 9.78 Å². The van der Waals surface area contributed by atoms with Gasteiger partial charge in [0.1, 0.15) is 6.10 Å². The van der Waals surface area contributed by atoms with Gasteiger partial charge in [0.2, 0.25) is 0 Å². The van der Waals surface area contributed by atoms with E-state index in [1.165, 1.54) is 0 Å². The number of carboxylic acid groups (broad SMARTS) is 1. The van der Waals surface area contributed by atoms with Gasteiger partial charge in [0.05, 0.1) is 17.7 Å². The van der Waals surface area contributed by atoms with E-state index in [-0.39, 0.29) is 23.2 Å². The molecule has 35 heavy (non-hydrogen) atoms. The van der Waals surface area contributed by atoms with Crippen molar-refractivity contribution >= 4 is 12.1 Å². The number of nitrogens with one attached hydrogen (secondary N) is 1. The van der Waals surface area contributed by atoms with Crippen molar-refractivity contribution in [3.8, 4) is 11.3 Å². The molecule has 1 aliphatic heterocycles. The first-order chi connectivity index (χ1) is 16.7. The Kier molecular flexibility index (Phi) is 7.20. The highest BCUT2D eigenvalue weighted by Gasteiger charge is 2.46. The molecule has 2 heterocycles. The molecule has 3 aromatic rings. The molecule has 0 spiro atoms. The van der Waals surface area contributed by atoms with Gasteiger partial charge in [-0.2, -0.15) is 0 Å². The molecule has 1 fully saturated rings. The number of benzene rings is 2. The number of nitrogens with zero attached hydrogens (tertiary/aromatic N) is 1. The molecule has 2 aromatic carbocycles. The lowest BCUT2D eigenvalue weighted by atomic mass is 9.70. The van der Waals surface area contributed by atoms with Gasteiger partial charge in [0, 0.05) is 24.1 Å². The predicted molar refractivity (Wildman–Crippen MR) is 135 cm³/mol. The topological polar surface area (TPSA) is 88.5 Å². The number of pyridine rings is 1. The summed E-state index contributed by atoms with van der Waals surface area (Å²) in [5, 5.41) is 12.3. The van der Waals surface area contributed by atoms with Crippen molar-refractivity contribution in [3.05, 3.63) is 90.1 Å². The van der Waals surface area contributed by atoms with Crippen LogP contribution in [0.2, 0.25) is 0 Å². The minimum absolute atomic E-state index is 0.172. The number of esters is 1. The number of rotatable bonds is 7. The molecule has 182 valence electrons. The normalized spacial score (nSPS) is 19.6. The first kappa shape index (κ1) is 24.5. The summed E-state index contributed by atoms with van der Waals surface area (Å²) in [6.07, 6.45) is 1.11. The van der Waals surface area contributed by atoms with Gasteiger partial charge in [-0.15, -0.1) is 0 Å². The van der Waals surface area contributed by atoms with Crippen LogP contribution in [-0.4, -0.2) is 34.3 Å². The van der Waals surface area contributed by atoms with E-state index in [4.69, 9.17) is 4.74 Å². The van der Waals surface area contributed by atoms with Crippen LogP contribution in [0.3, 0.4) is 0 Å². The predicted octanol–water partition coefficient (Wildman–Crippen LogP) is 5.69. The van der Waals surface area contributed by atoms with E-state index in [1.54, 1.807) is 6.20 Å². The fourth-order valence-electron chi connectivity index (χ4n) is 5.13. The van der Waals surface area contributed by atoms with Crippen LogP contribution in [0, 0.1) is 11.3 Å². The lowest BCUT2D eigenvalue weighted by Gasteiger charge is -2.39. The first-order valence-electron chi connectivity index (χ1n) is 12.0. The average Bonchev–Trinajstić information content (AvgIpc) is 3.19. The van der Waals surface area contributed by atoms with Crippen molar-refractivity contribution in [2.75, 3.05) is 0 Å². The van der Waals surface area contributed by atoms with E-state index in [2.05, 4.69) is 31.1 Å². The summed E-state index contributed by atoms with van der Waals surface area (Å²) in [5.41, 5.74) is 3.70. The summed E-state index contributed by atoms with van der Waals surface area (Å²) < 4.78 is 5.83. The van der Waals surface area contributed by atoms with Gasteiger partial charge in [-0.1, -0.05) is 81.4 Å². The van der Waals surface area contributed by atoms with E-state index in [9.17, 15) is 14.7 Å². The number of cyclic esters (lactones) is 1. The van der Waals surface area contributed by atoms with Crippen LogP contribution in [0.4, 0.5) is 4.79 Å². The highest BCUT2D eigenvalue weighted by atomic mass is 16.6. The maximum atomic E-state index is 12.9. The van der Waals surface area contributed by atoms with Gasteiger partial charge in [-0.25, -0.2) is 4.79 Å².